The summed E-state index contributed by atoms with van der Waals surface area (Å²) >= 11 is 8.38. The summed E-state index contributed by atoms with van der Waals surface area (Å²) in [4.78, 5) is 8.93. The van der Waals surface area contributed by atoms with Gasteiger partial charge in [-0.15, -0.1) is 0 Å². The highest BCUT2D eigenvalue weighted by Gasteiger charge is 2.07. The predicted molar refractivity (Wildman–Crippen MR) is 88.7 cm³/mol. The van der Waals surface area contributed by atoms with Crippen molar-refractivity contribution in [1.29, 1.82) is 0 Å². The molecule has 0 saturated carbocycles. The Morgan fingerprint density at radius 1 is 1.37 bits per heavy atom. The Kier molecular flexibility index (Phi) is 4.99. The molecule has 100 valence electrons. The molecule has 0 radical (unpaired) electrons. The van der Waals surface area contributed by atoms with Gasteiger partial charge in [-0.05, 0) is 47.6 Å². The number of hydrogen-bond acceptors (Lipinski definition) is 3. The van der Waals surface area contributed by atoms with Crippen molar-refractivity contribution in [2.45, 2.75) is 20.3 Å². The van der Waals surface area contributed by atoms with E-state index in [0.717, 1.165) is 38.5 Å². The fraction of sp³-hybridized carbons (Fsp3) is 0.286. The van der Waals surface area contributed by atoms with E-state index in [4.69, 9.17) is 11.6 Å². The molecule has 19 heavy (non-hydrogen) atoms. The first-order valence-electron chi connectivity index (χ1n) is 6.14. The van der Waals surface area contributed by atoms with Crippen LogP contribution in [0.25, 0.3) is 11.4 Å². The molecule has 0 unspecified atom stereocenters. The molecule has 3 nitrogen and oxygen atoms in total. The average molecular weight is 388 g/mol. The van der Waals surface area contributed by atoms with E-state index in [1.54, 1.807) is 0 Å². The molecule has 0 bridgehead atoms. The minimum atomic E-state index is 0.695. The van der Waals surface area contributed by atoms with Crippen molar-refractivity contribution >= 4 is 40.0 Å². The number of benzene rings is 1. The van der Waals surface area contributed by atoms with Crippen LogP contribution in [0.1, 0.15) is 18.9 Å². The first-order chi connectivity index (χ1) is 9.11. The number of nitrogens with zero attached hydrogens (tertiary/aromatic N) is 2. The Labute approximate surface area is 132 Å². The van der Waals surface area contributed by atoms with Crippen LogP contribution < -0.4 is 5.32 Å². The van der Waals surface area contributed by atoms with Gasteiger partial charge in [-0.2, -0.15) is 0 Å². The third kappa shape index (κ3) is 3.57. The average Bonchev–Trinajstić information content (AvgIpc) is 2.41. The SMILES string of the molecule is CCCNc1nc(-c2ccc(C)c(Cl)c2)ncc1I. The molecule has 0 atom stereocenters. The lowest BCUT2D eigenvalue weighted by Gasteiger charge is -2.09. The van der Waals surface area contributed by atoms with Gasteiger partial charge < -0.3 is 5.32 Å². The maximum absolute atomic E-state index is 6.15. The number of aromatic nitrogens is 2. The van der Waals surface area contributed by atoms with Crippen LogP contribution in [0.5, 0.6) is 0 Å². The van der Waals surface area contributed by atoms with Gasteiger partial charge in [0.1, 0.15) is 5.82 Å². The van der Waals surface area contributed by atoms with E-state index in [2.05, 4.69) is 44.8 Å². The molecule has 1 aromatic carbocycles. The summed E-state index contributed by atoms with van der Waals surface area (Å²) in [6.45, 7) is 5.01. The number of anilines is 1. The molecule has 1 heterocycles. The van der Waals surface area contributed by atoms with Crippen molar-refractivity contribution in [2.75, 3.05) is 11.9 Å². The number of halogens is 2. The molecule has 2 aromatic rings. The molecular formula is C14H15ClIN3. The summed E-state index contributed by atoms with van der Waals surface area (Å²) in [5, 5.41) is 4.05. The lowest BCUT2D eigenvalue weighted by molar-refractivity contribution is 0.963. The van der Waals surface area contributed by atoms with Crippen molar-refractivity contribution in [3.05, 3.63) is 38.6 Å². The minimum absolute atomic E-state index is 0.695. The maximum Gasteiger partial charge on any atom is 0.161 e. The highest BCUT2D eigenvalue weighted by Crippen LogP contribution is 2.25. The molecule has 1 N–H and O–H groups in total. The zero-order valence-electron chi connectivity index (χ0n) is 10.9. The van der Waals surface area contributed by atoms with Crippen molar-refractivity contribution in [1.82, 2.24) is 9.97 Å². The number of hydrogen-bond donors (Lipinski definition) is 1. The quantitative estimate of drug-likeness (QED) is 0.783. The molecule has 0 saturated heterocycles. The largest absolute Gasteiger partial charge is 0.369 e. The molecular weight excluding hydrogens is 373 g/mol. The zero-order chi connectivity index (χ0) is 13.8. The summed E-state index contributed by atoms with van der Waals surface area (Å²) in [5.74, 6) is 1.57. The van der Waals surface area contributed by atoms with Gasteiger partial charge in [-0.3, -0.25) is 0 Å². The molecule has 0 aliphatic rings. The molecule has 5 heteroatoms. The molecule has 0 aliphatic heterocycles. The molecule has 0 aliphatic carbocycles. The summed E-state index contributed by atoms with van der Waals surface area (Å²) in [5.41, 5.74) is 1.99. The van der Waals surface area contributed by atoms with Crippen molar-refractivity contribution in [3.8, 4) is 11.4 Å². The molecule has 0 spiro atoms. The second-order valence-electron chi connectivity index (χ2n) is 4.28. The summed E-state index contributed by atoms with van der Waals surface area (Å²) in [6, 6.07) is 5.88. The number of aryl methyl sites for hydroxylation is 1. The first-order valence-corrected chi connectivity index (χ1v) is 7.60. The molecule has 0 fully saturated rings. The van der Waals surface area contributed by atoms with E-state index < -0.39 is 0 Å². The summed E-state index contributed by atoms with van der Waals surface area (Å²) < 4.78 is 1.02. The fourth-order valence-electron chi connectivity index (χ4n) is 1.61. The molecule has 0 amide bonds. The van der Waals surface area contributed by atoms with Gasteiger partial charge in [0.15, 0.2) is 5.82 Å². The topological polar surface area (TPSA) is 37.8 Å². The van der Waals surface area contributed by atoms with Crippen LogP contribution in [0.15, 0.2) is 24.4 Å². The van der Waals surface area contributed by atoms with E-state index >= 15 is 0 Å². The Morgan fingerprint density at radius 3 is 2.84 bits per heavy atom. The lowest BCUT2D eigenvalue weighted by atomic mass is 10.1. The molecule has 2 rings (SSSR count). The van der Waals surface area contributed by atoms with Gasteiger partial charge in [0.25, 0.3) is 0 Å². The van der Waals surface area contributed by atoms with E-state index in [1.165, 1.54) is 0 Å². The second kappa shape index (κ2) is 6.52. The Balaban J connectivity index is 2.36. The standard InChI is InChI=1S/C14H15ClIN3/c1-3-6-17-14-12(16)8-18-13(19-14)10-5-4-9(2)11(15)7-10/h4-5,7-8H,3,6H2,1-2H3,(H,17,18,19). The van der Waals surface area contributed by atoms with Crippen LogP contribution in [-0.2, 0) is 0 Å². The van der Waals surface area contributed by atoms with Gasteiger partial charge in [-0.25, -0.2) is 9.97 Å². The highest BCUT2D eigenvalue weighted by atomic mass is 127. The zero-order valence-corrected chi connectivity index (χ0v) is 13.8. The Morgan fingerprint density at radius 2 is 2.16 bits per heavy atom. The number of rotatable bonds is 4. The first kappa shape index (κ1) is 14.5. The fourth-order valence-corrected chi connectivity index (χ4v) is 2.24. The lowest BCUT2D eigenvalue weighted by Crippen LogP contribution is -2.05. The van der Waals surface area contributed by atoms with E-state index in [9.17, 15) is 0 Å². The third-order valence-electron chi connectivity index (χ3n) is 2.72. The van der Waals surface area contributed by atoms with E-state index in [-0.39, 0.29) is 0 Å². The van der Waals surface area contributed by atoms with Crippen LogP contribution in [0, 0.1) is 10.5 Å². The van der Waals surface area contributed by atoms with Crippen LogP contribution in [0.3, 0.4) is 0 Å². The smallest absolute Gasteiger partial charge is 0.161 e. The van der Waals surface area contributed by atoms with Gasteiger partial charge in [0, 0.05) is 23.3 Å². The van der Waals surface area contributed by atoms with Crippen LogP contribution in [0.2, 0.25) is 5.02 Å². The van der Waals surface area contributed by atoms with E-state index in [0.29, 0.717) is 5.82 Å². The van der Waals surface area contributed by atoms with Gasteiger partial charge in [-0.1, -0.05) is 30.7 Å². The molecule has 1 aromatic heterocycles. The van der Waals surface area contributed by atoms with Crippen molar-refractivity contribution in [3.63, 3.8) is 0 Å². The van der Waals surface area contributed by atoms with Gasteiger partial charge in [0.05, 0.1) is 3.57 Å². The van der Waals surface area contributed by atoms with E-state index in [1.807, 2.05) is 31.3 Å². The third-order valence-corrected chi connectivity index (χ3v) is 3.91. The monoisotopic (exact) mass is 387 g/mol. The predicted octanol–water partition coefficient (Wildman–Crippen LogP) is 4.53. The normalized spacial score (nSPS) is 10.5. The van der Waals surface area contributed by atoms with Crippen molar-refractivity contribution in [2.24, 2.45) is 0 Å². The van der Waals surface area contributed by atoms with Crippen LogP contribution >= 0.6 is 34.2 Å². The highest BCUT2D eigenvalue weighted by molar-refractivity contribution is 14.1. The van der Waals surface area contributed by atoms with Crippen LogP contribution in [0.4, 0.5) is 5.82 Å². The minimum Gasteiger partial charge on any atom is -0.369 e. The Bertz CT molecular complexity index is 587. The maximum atomic E-state index is 6.15. The summed E-state index contributed by atoms with van der Waals surface area (Å²) in [6.07, 6.45) is 2.89. The van der Waals surface area contributed by atoms with Gasteiger partial charge in [0.2, 0.25) is 0 Å². The van der Waals surface area contributed by atoms with Gasteiger partial charge >= 0.3 is 0 Å². The van der Waals surface area contributed by atoms with Crippen LogP contribution in [-0.4, -0.2) is 16.5 Å². The summed E-state index contributed by atoms with van der Waals surface area (Å²) in [7, 11) is 0. The Hall–Kier alpha value is -0.880. The second-order valence-corrected chi connectivity index (χ2v) is 5.85. The number of nitrogens with one attached hydrogen (secondary N) is 1. The van der Waals surface area contributed by atoms with Crippen molar-refractivity contribution < 1.29 is 0 Å².